The van der Waals surface area contributed by atoms with Crippen LogP contribution in [0.25, 0.3) is 0 Å². The molecule has 5 heteroatoms. The van der Waals surface area contributed by atoms with Crippen molar-refractivity contribution in [1.82, 2.24) is 9.80 Å². The number of thioether (sulfide) groups is 1. The van der Waals surface area contributed by atoms with Crippen molar-refractivity contribution in [3.8, 4) is 6.07 Å². The van der Waals surface area contributed by atoms with E-state index >= 15 is 0 Å². The standard InChI is InChI=1S/C19H17N3OS/c20-11-16-17-13-24-18(15-9-5-2-6-10-15)22(17)19(23)21(16)12-14-7-3-1-4-8-14/h1-10,16-18H,12-13H2/t16-,17+,18?/m1/s1. The lowest BCUT2D eigenvalue weighted by Crippen LogP contribution is -2.35. The normalized spacial score (nSPS) is 25.6. The van der Waals surface area contributed by atoms with Gasteiger partial charge in [-0.1, -0.05) is 60.7 Å². The number of benzene rings is 2. The maximum absolute atomic E-state index is 13.0. The number of carbonyl (C=O) groups is 1. The summed E-state index contributed by atoms with van der Waals surface area (Å²) >= 11 is 1.75. The molecule has 4 rings (SSSR count). The lowest BCUT2D eigenvalue weighted by atomic mass is 10.1. The number of hydrogen-bond donors (Lipinski definition) is 0. The number of carbonyl (C=O) groups excluding carboxylic acids is 1. The van der Waals surface area contributed by atoms with Crippen LogP contribution in [0.3, 0.4) is 0 Å². The summed E-state index contributed by atoms with van der Waals surface area (Å²) in [6, 6.07) is 21.8. The first kappa shape index (κ1) is 15.1. The molecular weight excluding hydrogens is 318 g/mol. The Kier molecular flexibility index (Phi) is 3.91. The Bertz CT molecular complexity index is 774. The third-order valence-corrected chi connectivity index (χ3v) is 5.96. The number of nitrogens with zero attached hydrogens (tertiary/aromatic N) is 3. The zero-order valence-electron chi connectivity index (χ0n) is 13.1. The van der Waals surface area contributed by atoms with Crippen molar-refractivity contribution in [1.29, 1.82) is 5.26 Å². The third-order valence-electron chi connectivity index (χ3n) is 4.61. The second-order valence-electron chi connectivity index (χ2n) is 6.04. The summed E-state index contributed by atoms with van der Waals surface area (Å²) < 4.78 is 0. The third kappa shape index (κ3) is 2.44. The van der Waals surface area contributed by atoms with Gasteiger partial charge in [-0.05, 0) is 11.1 Å². The molecule has 0 aromatic heterocycles. The summed E-state index contributed by atoms with van der Waals surface area (Å²) in [5.74, 6) is 0.800. The molecule has 24 heavy (non-hydrogen) atoms. The highest BCUT2D eigenvalue weighted by Crippen LogP contribution is 2.46. The van der Waals surface area contributed by atoms with E-state index in [1.165, 1.54) is 0 Å². The Morgan fingerprint density at radius 2 is 1.75 bits per heavy atom. The highest BCUT2D eigenvalue weighted by atomic mass is 32.2. The van der Waals surface area contributed by atoms with Crippen molar-refractivity contribution in [3.63, 3.8) is 0 Å². The molecule has 2 aromatic rings. The van der Waals surface area contributed by atoms with E-state index in [4.69, 9.17) is 0 Å². The van der Waals surface area contributed by atoms with Gasteiger partial charge in [-0.25, -0.2) is 4.79 Å². The molecule has 3 atom stereocenters. The smallest absolute Gasteiger partial charge is 0.302 e. The zero-order valence-corrected chi connectivity index (χ0v) is 13.9. The Balaban J connectivity index is 1.63. The van der Waals surface area contributed by atoms with E-state index in [1.54, 1.807) is 16.7 Å². The molecule has 2 aromatic carbocycles. The van der Waals surface area contributed by atoms with Gasteiger partial charge >= 0.3 is 6.03 Å². The van der Waals surface area contributed by atoms with Gasteiger partial charge < -0.3 is 9.80 Å². The molecule has 0 radical (unpaired) electrons. The summed E-state index contributed by atoms with van der Waals surface area (Å²) in [6.07, 6.45) is 0. The molecule has 0 saturated carbocycles. The van der Waals surface area contributed by atoms with Gasteiger partial charge in [0.05, 0.1) is 12.1 Å². The van der Waals surface area contributed by atoms with Crippen LogP contribution < -0.4 is 0 Å². The SMILES string of the molecule is N#C[C@@H]1[C@@H]2CSC(c3ccccc3)N2C(=O)N1Cc1ccccc1. The van der Waals surface area contributed by atoms with Crippen LogP contribution >= 0.6 is 11.8 Å². The molecule has 2 fully saturated rings. The minimum atomic E-state index is -0.390. The second-order valence-corrected chi connectivity index (χ2v) is 7.15. The van der Waals surface area contributed by atoms with Gasteiger partial charge in [0.1, 0.15) is 11.4 Å². The fourth-order valence-electron chi connectivity index (χ4n) is 3.46. The van der Waals surface area contributed by atoms with Crippen molar-refractivity contribution in [2.24, 2.45) is 0 Å². The Morgan fingerprint density at radius 3 is 2.42 bits per heavy atom. The van der Waals surface area contributed by atoms with E-state index in [0.717, 1.165) is 16.9 Å². The summed E-state index contributed by atoms with van der Waals surface area (Å²) in [5.41, 5.74) is 2.17. The molecule has 2 aliphatic rings. The summed E-state index contributed by atoms with van der Waals surface area (Å²) in [5, 5.41) is 9.66. The van der Waals surface area contributed by atoms with Gasteiger partial charge in [-0.2, -0.15) is 5.26 Å². The Labute approximate surface area is 145 Å². The lowest BCUT2D eigenvalue weighted by molar-refractivity contribution is 0.184. The van der Waals surface area contributed by atoms with Gasteiger partial charge in [-0.3, -0.25) is 0 Å². The molecule has 4 nitrogen and oxygen atoms in total. The van der Waals surface area contributed by atoms with Gasteiger partial charge in [0.2, 0.25) is 0 Å². The van der Waals surface area contributed by atoms with Crippen LogP contribution in [-0.2, 0) is 6.54 Å². The molecule has 0 N–H and O–H groups in total. The van der Waals surface area contributed by atoms with Crippen molar-refractivity contribution < 1.29 is 4.79 Å². The first-order valence-electron chi connectivity index (χ1n) is 7.98. The minimum absolute atomic E-state index is 0.000299. The number of fused-ring (bicyclic) bond motifs is 1. The fraction of sp³-hybridized carbons (Fsp3) is 0.263. The first-order chi connectivity index (χ1) is 11.8. The van der Waals surface area contributed by atoms with Gasteiger partial charge in [0.15, 0.2) is 0 Å². The van der Waals surface area contributed by atoms with Crippen LogP contribution in [0.1, 0.15) is 16.5 Å². The average Bonchev–Trinajstić information content (AvgIpc) is 3.17. The molecule has 0 spiro atoms. The maximum atomic E-state index is 13.0. The van der Waals surface area contributed by atoms with Crippen LogP contribution in [-0.4, -0.2) is 33.7 Å². The lowest BCUT2D eigenvalue weighted by Gasteiger charge is -2.24. The van der Waals surface area contributed by atoms with Crippen molar-refractivity contribution in [2.45, 2.75) is 24.0 Å². The largest absolute Gasteiger partial charge is 0.323 e. The number of urea groups is 1. The predicted molar refractivity (Wildman–Crippen MR) is 94.1 cm³/mol. The number of amides is 2. The molecule has 2 saturated heterocycles. The van der Waals surface area contributed by atoms with Crippen LogP contribution in [0.4, 0.5) is 4.79 Å². The van der Waals surface area contributed by atoms with E-state index < -0.39 is 0 Å². The van der Waals surface area contributed by atoms with Crippen molar-refractivity contribution >= 4 is 17.8 Å². The highest BCUT2D eigenvalue weighted by Gasteiger charge is 2.52. The Morgan fingerprint density at radius 1 is 1.08 bits per heavy atom. The maximum Gasteiger partial charge on any atom is 0.323 e. The molecule has 0 aliphatic carbocycles. The highest BCUT2D eigenvalue weighted by molar-refractivity contribution is 7.99. The van der Waals surface area contributed by atoms with E-state index in [-0.39, 0.29) is 23.5 Å². The summed E-state index contributed by atoms with van der Waals surface area (Å²) in [6.45, 7) is 0.483. The summed E-state index contributed by atoms with van der Waals surface area (Å²) in [4.78, 5) is 16.6. The average molecular weight is 335 g/mol. The number of rotatable bonds is 3. The van der Waals surface area contributed by atoms with Gasteiger partial charge in [0, 0.05) is 12.3 Å². The fourth-order valence-corrected chi connectivity index (χ4v) is 4.94. The molecule has 2 heterocycles. The van der Waals surface area contributed by atoms with Crippen molar-refractivity contribution in [3.05, 3.63) is 71.8 Å². The van der Waals surface area contributed by atoms with Crippen LogP contribution in [0.2, 0.25) is 0 Å². The van der Waals surface area contributed by atoms with E-state index in [1.807, 2.05) is 53.4 Å². The van der Waals surface area contributed by atoms with Crippen LogP contribution in [0, 0.1) is 11.3 Å². The Hall–Kier alpha value is -2.45. The molecule has 0 bridgehead atoms. The quantitative estimate of drug-likeness (QED) is 0.860. The number of hydrogen-bond acceptors (Lipinski definition) is 3. The van der Waals surface area contributed by atoms with Crippen LogP contribution in [0.15, 0.2) is 60.7 Å². The predicted octanol–water partition coefficient (Wildman–Crippen LogP) is 3.63. The minimum Gasteiger partial charge on any atom is -0.302 e. The molecule has 120 valence electrons. The monoisotopic (exact) mass is 335 g/mol. The van der Waals surface area contributed by atoms with E-state index in [0.29, 0.717) is 6.54 Å². The summed E-state index contributed by atoms with van der Waals surface area (Å²) in [7, 11) is 0. The molecular formula is C19H17N3OS. The number of nitriles is 1. The molecule has 2 aliphatic heterocycles. The van der Waals surface area contributed by atoms with E-state index in [9.17, 15) is 10.1 Å². The first-order valence-corrected chi connectivity index (χ1v) is 9.03. The van der Waals surface area contributed by atoms with Gasteiger partial charge in [0.25, 0.3) is 0 Å². The molecule has 2 amide bonds. The van der Waals surface area contributed by atoms with Gasteiger partial charge in [-0.15, -0.1) is 11.8 Å². The molecule has 1 unspecified atom stereocenters. The second kappa shape index (κ2) is 6.21. The zero-order chi connectivity index (χ0) is 16.5. The van der Waals surface area contributed by atoms with E-state index in [2.05, 4.69) is 18.2 Å². The van der Waals surface area contributed by atoms with Crippen molar-refractivity contribution in [2.75, 3.05) is 5.75 Å². The topological polar surface area (TPSA) is 47.3 Å². The van der Waals surface area contributed by atoms with Crippen LogP contribution in [0.5, 0.6) is 0 Å².